The molecule has 0 aromatic carbocycles. The second-order valence-electron chi connectivity index (χ2n) is 2.21. The van der Waals surface area contributed by atoms with Gasteiger partial charge in [-0.05, 0) is 25.3 Å². The van der Waals surface area contributed by atoms with Gasteiger partial charge in [-0.15, -0.1) is 0 Å². The number of hydrogen-bond donors (Lipinski definition) is 0. The number of allylic oxidation sites excluding steroid dienone is 4. The summed E-state index contributed by atoms with van der Waals surface area (Å²) in [4.78, 5) is 0. The van der Waals surface area contributed by atoms with Gasteiger partial charge in [0.25, 0.3) is 0 Å². The molecule has 0 unspecified atom stereocenters. The van der Waals surface area contributed by atoms with E-state index in [-0.39, 0.29) is 18.9 Å². The van der Waals surface area contributed by atoms with Crippen molar-refractivity contribution >= 4 is 18.9 Å². The summed E-state index contributed by atoms with van der Waals surface area (Å²) in [6.45, 7) is 4.39. The van der Waals surface area contributed by atoms with E-state index in [4.69, 9.17) is 0 Å². The second kappa shape index (κ2) is 3.98. The van der Waals surface area contributed by atoms with Crippen LogP contribution in [0.25, 0.3) is 0 Å². The molecule has 0 heterocycles. The van der Waals surface area contributed by atoms with Crippen molar-refractivity contribution in [2.75, 3.05) is 0 Å². The van der Waals surface area contributed by atoms with Gasteiger partial charge in [-0.2, -0.15) is 0 Å². The molecule has 0 atom stereocenters. The fraction of sp³-hybridized carbons (Fsp3) is 0.500. The summed E-state index contributed by atoms with van der Waals surface area (Å²) in [5.74, 6) is 0. The first kappa shape index (κ1) is 9.08. The van der Waals surface area contributed by atoms with Crippen LogP contribution in [0.3, 0.4) is 0 Å². The van der Waals surface area contributed by atoms with Gasteiger partial charge in [0, 0.05) is 18.9 Å². The van der Waals surface area contributed by atoms with Gasteiger partial charge in [-0.3, -0.25) is 0 Å². The summed E-state index contributed by atoms with van der Waals surface area (Å²) in [5.41, 5.74) is 3.01. The number of rotatable bonds is 1. The van der Waals surface area contributed by atoms with E-state index in [2.05, 4.69) is 26.0 Å². The predicted octanol–water partition coefficient (Wildman–Crippen LogP) is 2.29. The van der Waals surface area contributed by atoms with Crippen molar-refractivity contribution in [3.05, 3.63) is 23.3 Å². The molecule has 1 aliphatic rings. The van der Waals surface area contributed by atoms with E-state index in [0.717, 1.165) is 6.42 Å². The molecule has 1 aliphatic carbocycles. The van der Waals surface area contributed by atoms with Crippen molar-refractivity contribution in [1.29, 1.82) is 0 Å². The Morgan fingerprint density at radius 3 is 2.33 bits per heavy atom. The van der Waals surface area contributed by atoms with Crippen molar-refractivity contribution in [2.24, 2.45) is 0 Å². The first-order chi connectivity index (χ1) is 3.84. The van der Waals surface area contributed by atoms with Crippen LogP contribution in [0, 0.1) is 0 Å². The SMILES string of the molecule is CCC1=CCC=C1C.[Li]. The predicted molar refractivity (Wildman–Crippen MR) is 42.5 cm³/mol. The molecule has 0 N–H and O–H groups in total. The molecule has 1 heteroatoms. The molecule has 0 amide bonds. The molecule has 0 fully saturated rings. The van der Waals surface area contributed by atoms with Crippen molar-refractivity contribution in [2.45, 2.75) is 26.7 Å². The summed E-state index contributed by atoms with van der Waals surface area (Å²) >= 11 is 0. The molecule has 0 saturated heterocycles. The molecule has 0 aromatic rings. The van der Waals surface area contributed by atoms with Gasteiger partial charge in [0.2, 0.25) is 0 Å². The molecule has 0 saturated carbocycles. The van der Waals surface area contributed by atoms with Crippen LogP contribution in [0.1, 0.15) is 26.7 Å². The van der Waals surface area contributed by atoms with Crippen LogP contribution in [0.4, 0.5) is 0 Å². The molecule has 0 spiro atoms. The van der Waals surface area contributed by atoms with Gasteiger partial charge in [-0.25, -0.2) is 0 Å². The first-order valence-electron chi connectivity index (χ1n) is 3.20. The minimum Gasteiger partial charge on any atom is -0.0775 e. The van der Waals surface area contributed by atoms with E-state index in [0.29, 0.717) is 0 Å². The van der Waals surface area contributed by atoms with Crippen molar-refractivity contribution < 1.29 is 0 Å². The van der Waals surface area contributed by atoms with Gasteiger partial charge < -0.3 is 0 Å². The third-order valence-corrected chi connectivity index (χ3v) is 1.68. The second-order valence-corrected chi connectivity index (χ2v) is 2.21. The molecule has 9 heavy (non-hydrogen) atoms. The van der Waals surface area contributed by atoms with Crippen LogP contribution in [-0.2, 0) is 0 Å². The molecule has 1 radical (unpaired) electrons. The van der Waals surface area contributed by atoms with Crippen LogP contribution in [0.5, 0.6) is 0 Å². The average Bonchev–Trinajstić information content (AvgIpc) is 2.14. The Hall–Kier alpha value is 0.0774. The molecule has 45 valence electrons. The van der Waals surface area contributed by atoms with Gasteiger partial charge in [0.05, 0.1) is 0 Å². The Kier molecular flexibility index (Phi) is 4.02. The minimum atomic E-state index is 0. The normalized spacial score (nSPS) is 16.2. The summed E-state index contributed by atoms with van der Waals surface area (Å²) in [6, 6.07) is 0. The molecule has 0 bridgehead atoms. The van der Waals surface area contributed by atoms with E-state index in [1.165, 1.54) is 17.6 Å². The van der Waals surface area contributed by atoms with Crippen LogP contribution >= 0.6 is 0 Å². The minimum absolute atomic E-state index is 0. The van der Waals surface area contributed by atoms with Gasteiger partial charge >= 0.3 is 0 Å². The molecule has 0 aromatic heterocycles. The third kappa shape index (κ3) is 2.05. The van der Waals surface area contributed by atoms with E-state index in [1.54, 1.807) is 0 Å². The van der Waals surface area contributed by atoms with Crippen molar-refractivity contribution in [1.82, 2.24) is 0 Å². The van der Waals surface area contributed by atoms with Crippen molar-refractivity contribution in [3.63, 3.8) is 0 Å². The van der Waals surface area contributed by atoms with Gasteiger partial charge in [0.15, 0.2) is 0 Å². The number of hydrogen-bond acceptors (Lipinski definition) is 0. The summed E-state index contributed by atoms with van der Waals surface area (Å²) in [7, 11) is 0. The Bertz CT molecular complexity index is 143. The fourth-order valence-electron chi connectivity index (χ4n) is 1.09. The maximum absolute atomic E-state index is 2.30. The van der Waals surface area contributed by atoms with Gasteiger partial charge in [0.1, 0.15) is 0 Å². The van der Waals surface area contributed by atoms with E-state index in [1.807, 2.05) is 0 Å². The molecule has 0 nitrogen and oxygen atoms in total. The van der Waals surface area contributed by atoms with Crippen LogP contribution < -0.4 is 0 Å². The quantitative estimate of drug-likeness (QED) is 0.460. The average molecular weight is 115 g/mol. The van der Waals surface area contributed by atoms with Crippen LogP contribution in [-0.4, -0.2) is 18.9 Å². The van der Waals surface area contributed by atoms with E-state index < -0.39 is 0 Å². The van der Waals surface area contributed by atoms with Crippen molar-refractivity contribution in [3.8, 4) is 0 Å². The monoisotopic (exact) mass is 115 g/mol. The van der Waals surface area contributed by atoms with E-state index in [9.17, 15) is 0 Å². The zero-order valence-electron chi connectivity index (χ0n) is 6.57. The zero-order valence-corrected chi connectivity index (χ0v) is 6.57. The first-order valence-corrected chi connectivity index (χ1v) is 3.20. The Labute approximate surface area is 69.2 Å². The van der Waals surface area contributed by atoms with Gasteiger partial charge in [-0.1, -0.05) is 24.6 Å². The molecule has 1 rings (SSSR count). The summed E-state index contributed by atoms with van der Waals surface area (Å²) < 4.78 is 0. The standard InChI is InChI=1S/C8H12.Li/c1-3-8-6-4-5-7(8)2;/h5-6H,3-4H2,1-2H3;. The van der Waals surface area contributed by atoms with Crippen LogP contribution in [0.15, 0.2) is 23.3 Å². The third-order valence-electron chi connectivity index (χ3n) is 1.68. The zero-order chi connectivity index (χ0) is 5.98. The van der Waals surface area contributed by atoms with Crippen LogP contribution in [0.2, 0.25) is 0 Å². The fourth-order valence-corrected chi connectivity index (χ4v) is 1.09. The maximum atomic E-state index is 2.30. The summed E-state index contributed by atoms with van der Waals surface area (Å²) in [5, 5.41) is 0. The summed E-state index contributed by atoms with van der Waals surface area (Å²) in [6.07, 6.45) is 6.94. The maximum Gasteiger partial charge on any atom is 0 e. The van der Waals surface area contributed by atoms with E-state index >= 15 is 0 Å². The Morgan fingerprint density at radius 1 is 1.44 bits per heavy atom. The smallest absolute Gasteiger partial charge is 0 e. The largest absolute Gasteiger partial charge is 0.0775 e. The molecular formula is C8H12Li. The molecular weight excluding hydrogens is 103 g/mol. The Morgan fingerprint density at radius 2 is 2.11 bits per heavy atom. The molecule has 0 aliphatic heterocycles. The topological polar surface area (TPSA) is 0 Å². The Balaban J connectivity index is 0.000000640.